The van der Waals surface area contributed by atoms with Crippen LogP contribution in [0, 0.1) is 6.92 Å². The summed E-state index contributed by atoms with van der Waals surface area (Å²) < 4.78 is 30.2. The summed E-state index contributed by atoms with van der Waals surface area (Å²) in [5, 5.41) is 4.71. The fraction of sp³-hybridized carbons (Fsp3) is 0.269. The van der Waals surface area contributed by atoms with Crippen molar-refractivity contribution in [3.8, 4) is 16.9 Å². The minimum absolute atomic E-state index is 0.0592. The van der Waals surface area contributed by atoms with E-state index in [0.29, 0.717) is 17.7 Å². The van der Waals surface area contributed by atoms with Crippen LogP contribution in [0.4, 0.5) is 0 Å². The molecule has 2 heterocycles. The second-order valence-corrected chi connectivity index (χ2v) is 10.8. The van der Waals surface area contributed by atoms with Crippen molar-refractivity contribution in [2.45, 2.75) is 19.4 Å². The van der Waals surface area contributed by atoms with Crippen molar-refractivity contribution < 1.29 is 22.7 Å². The molecule has 1 saturated heterocycles. The van der Waals surface area contributed by atoms with Crippen LogP contribution in [0.15, 0.2) is 66.9 Å². The Morgan fingerprint density at radius 2 is 1.86 bits per heavy atom. The van der Waals surface area contributed by atoms with Crippen molar-refractivity contribution in [3.63, 3.8) is 0 Å². The van der Waals surface area contributed by atoms with Crippen LogP contribution in [0.2, 0.25) is 0 Å². The quantitative estimate of drug-likeness (QED) is 0.371. The summed E-state index contributed by atoms with van der Waals surface area (Å²) in [6.07, 6.45) is 5.10. The highest BCUT2D eigenvalue weighted by molar-refractivity contribution is 7.91. The highest BCUT2D eigenvalue weighted by Gasteiger charge is 2.32. The minimum atomic E-state index is -3.11. The van der Waals surface area contributed by atoms with Gasteiger partial charge in [0.05, 0.1) is 22.9 Å². The van der Waals surface area contributed by atoms with Crippen molar-refractivity contribution in [2.24, 2.45) is 0 Å². The van der Waals surface area contributed by atoms with Gasteiger partial charge in [-0.3, -0.25) is 4.79 Å². The van der Waals surface area contributed by atoms with Gasteiger partial charge in [0, 0.05) is 36.5 Å². The van der Waals surface area contributed by atoms with E-state index >= 15 is 0 Å². The van der Waals surface area contributed by atoms with Crippen LogP contribution in [-0.2, 0) is 24.2 Å². The highest BCUT2D eigenvalue weighted by Crippen LogP contribution is 2.25. The van der Waals surface area contributed by atoms with E-state index in [-0.39, 0.29) is 17.5 Å². The van der Waals surface area contributed by atoms with Crippen molar-refractivity contribution >= 4 is 27.8 Å². The SMILES string of the molecule is Cc1ccc(-c2nn(-c3ccccc3)cc2/C=C/C(=O)OCC(=O)N(C)C2CCS(=O)(=O)C2)cc1. The van der Waals surface area contributed by atoms with Gasteiger partial charge >= 0.3 is 5.97 Å². The molecule has 3 aromatic rings. The summed E-state index contributed by atoms with van der Waals surface area (Å²) in [5.74, 6) is -1.10. The van der Waals surface area contributed by atoms with Crippen LogP contribution in [0.5, 0.6) is 0 Å². The topological polar surface area (TPSA) is 98.6 Å². The molecule has 1 fully saturated rings. The van der Waals surface area contributed by atoms with Gasteiger partial charge < -0.3 is 9.64 Å². The largest absolute Gasteiger partial charge is 0.452 e. The molecule has 1 aromatic heterocycles. The maximum Gasteiger partial charge on any atom is 0.331 e. The Morgan fingerprint density at radius 1 is 1.14 bits per heavy atom. The fourth-order valence-corrected chi connectivity index (χ4v) is 5.66. The Balaban J connectivity index is 1.46. The van der Waals surface area contributed by atoms with Crippen molar-refractivity contribution in [3.05, 3.63) is 78.0 Å². The Kier molecular flexibility index (Phi) is 7.16. The van der Waals surface area contributed by atoms with E-state index < -0.39 is 28.3 Å². The predicted molar refractivity (Wildman–Crippen MR) is 134 cm³/mol. The van der Waals surface area contributed by atoms with Crippen LogP contribution < -0.4 is 0 Å². The number of esters is 1. The first-order valence-corrected chi connectivity index (χ1v) is 13.1. The molecule has 2 aromatic carbocycles. The minimum Gasteiger partial charge on any atom is -0.452 e. The predicted octanol–water partition coefficient (Wildman–Crippen LogP) is 3.05. The summed E-state index contributed by atoms with van der Waals surface area (Å²) in [6, 6.07) is 17.2. The molecule has 4 rings (SSSR count). The number of aromatic nitrogens is 2. The van der Waals surface area contributed by atoms with E-state index in [0.717, 1.165) is 16.8 Å². The van der Waals surface area contributed by atoms with E-state index in [9.17, 15) is 18.0 Å². The summed E-state index contributed by atoms with van der Waals surface area (Å²) >= 11 is 0. The molecule has 0 aliphatic carbocycles. The Labute approximate surface area is 204 Å². The van der Waals surface area contributed by atoms with Gasteiger partial charge in [0.2, 0.25) is 0 Å². The van der Waals surface area contributed by atoms with Gasteiger partial charge in [0.1, 0.15) is 0 Å². The Bertz CT molecular complexity index is 1350. The van der Waals surface area contributed by atoms with Gasteiger partial charge in [-0.05, 0) is 31.6 Å². The van der Waals surface area contributed by atoms with Gasteiger partial charge in [0.25, 0.3) is 5.91 Å². The first-order valence-electron chi connectivity index (χ1n) is 11.2. The average molecular weight is 494 g/mol. The standard InChI is InChI=1S/C26H27N3O5S/c1-19-8-10-20(11-9-19)26-21(16-29(27-26)22-6-4-3-5-7-22)12-13-25(31)34-17-24(30)28(2)23-14-15-35(32,33)18-23/h3-13,16,23H,14-15,17-18H2,1-2H3/b13-12+. The number of likely N-dealkylation sites (N-methyl/N-ethyl adjacent to an activating group) is 1. The lowest BCUT2D eigenvalue weighted by Crippen LogP contribution is -2.40. The molecule has 1 atom stereocenters. The summed E-state index contributed by atoms with van der Waals surface area (Å²) in [6.45, 7) is 1.55. The molecule has 0 N–H and O–H groups in total. The number of amides is 1. The Hall–Kier alpha value is -3.72. The van der Waals surface area contributed by atoms with Gasteiger partial charge in [-0.15, -0.1) is 0 Å². The molecule has 8 nitrogen and oxygen atoms in total. The number of hydrogen-bond acceptors (Lipinski definition) is 6. The second kappa shape index (κ2) is 10.3. The zero-order chi connectivity index (χ0) is 25.0. The number of ether oxygens (including phenoxy) is 1. The van der Waals surface area contributed by atoms with Gasteiger partial charge in [-0.1, -0.05) is 48.0 Å². The smallest absolute Gasteiger partial charge is 0.331 e. The lowest BCUT2D eigenvalue weighted by Gasteiger charge is -2.22. The summed E-state index contributed by atoms with van der Waals surface area (Å²) in [7, 11) is -1.58. The molecule has 0 radical (unpaired) electrons. The molecule has 35 heavy (non-hydrogen) atoms. The van der Waals surface area contributed by atoms with Crippen molar-refractivity contribution in [1.82, 2.24) is 14.7 Å². The first-order chi connectivity index (χ1) is 16.7. The van der Waals surface area contributed by atoms with E-state index in [2.05, 4.69) is 0 Å². The van der Waals surface area contributed by atoms with Crippen LogP contribution in [0.3, 0.4) is 0 Å². The molecular weight excluding hydrogens is 466 g/mol. The Morgan fingerprint density at radius 3 is 2.51 bits per heavy atom. The maximum atomic E-state index is 12.4. The fourth-order valence-electron chi connectivity index (χ4n) is 3.88. The lowest BCUT2D eigenvalue weighted by molar-refractivity contribution is -0.148. The molecule has 1 aliphatic heterocycles. The van der Waals surface area contributed by atoms with Gasteiger partial charge in [-0.2, -0.15) is 5.10 Å². The third-order valence-corrected chi connectivity index (χ3v) is 7.73. The molecule has 182 valence electrons. The molecule has 0 saturated carbocycles. The van der Waals surface area contributed by atoms with E-state index in [1.807, 2.05) is 67.7 Å². The van der Waals surface area contributed by atoms with Crippen LogP contribution in [-0.4, -0.2) is 66.2 Å². The normalized spacial score (nSPS) is 16.9. The number of hydrogen-bond donors (Lipinski definition) is 0. The third-order valence-electron chi connectivity index (χ3n) is 5.97. The number of para-hydroxylation sites is 1. The maximum absolute atomic E-state index is 12.4. The number of rotatable bonds is 7. The van der Waals surface area contributed by atoms with Crippen molar-refractivity contribution in [2.75, 3.05) is 25.2 Å². The van der Waals surface area contributed by atoms with Gasteiger partial charge in [0.15, 0.2) is 16.4 Å². The number of carbonyl (C=O) groups is 2. The van der Waals surface area contributed by atoms with Gasteiger partial charge in [-0.25, -0.2) is 17.9 Å². The van der Waals surface area contributed by atoms with Crippen molar-refractivity contribution in [1.29, 1.82) is 0 Å². The molecule has 0 bridgehead atoms. The monoisotopic (exact) mass is 493 g/mol. The molecule has 0 spiro atoms. The van der Waals surface area contributed by atoms with E-state index in [1.54, 1.807) is 10.8 Å². The number of carbonyl (C=O) groups excluding carboxylic acids is 2. The zero-order valence-electron chi connectivity index (χ0n) is 19.6. The number of aryl methyl sites for hydroxylation is 1. The van der Waals surface area contributed by atoms with Crippen LogP contribution in [0.1, 0.15) is 17.5 Å². The van der Waals surface area contributed by atoms with Crippen LogP contribution in [0.25, 0.3) is 23.0 Å². The molecule has 9 heteroatoms. The molecule has 1 unspecified atom stereocenters. The lowest BCUT2D eigenvalue weighted by atomic mass is 10.1. The summed E-state index contributed by atoms with van der Waals surface area (Å²) in [5.41, 5.74) is 4.33. The first kappa shape index (κ1) is 24.4. The van der Waals surface area contributed by atoms with E-state index in [4.69, 9.17) is 9.84 Å². The molecule has 1 amide bonds. The van der Waals surface area contributed by atoms with E-state index in [1.165, 1.54) is 18.0 Å². The number of benzene rings is 2. The molecule has 1 aliphatic rings. The number of nitrogens with zero attached hydrogens (tertiary/aromatic N) is 3. The van der Waals surface area contributed by atoms with Crippen LogP contribution >= 0.6 is 0 Å². The molecular formula is C26H27N3O5S. The third kappa shape index (κ3) is 6.05. The average Bonchev–Trinajstić information content (AvgIpc) is 3.45. The zero-order valence-corrected chi connectivity index (χ0v) is 20.4. The highest BCUT2D eigenvalue weighted by atomic mass is 32.2. The second-order valence-electron chi connectivity index (χ2n) is 8.58. The summed E-state index contributed by atoms with van der Waals surface area (Å²) in [4.78, 5) is 26.0. The number of sulfone groups is 1.